The summed E-state index contributed by atoms with van der Waals surface area (Å²) in [5.41, 5.74) is 3.23. The van der Waals surface area contributed by atoms with Gasteiger partial charge in [-0.1, -0.05) is 60.7 Å². The third-order valence-electron chi connectivity index (χ3n) is 4.94. The van der Waals surface area contributed by atoms with Crippen molar-refractivity contribution in [2.24, 2.45) is 0 Å². The lowest BCUT2D eigenvalue weighted by atomic mass is 10.2. The Hall–Kier alpha value is -3.73. The first-order chi connectivity index (χ1) is 14.6. The summed E-state index contributed by atoms with van der Waals surface area (Å²) in [5.74, 6) is 0.209. The van der Waals surface area contributed by atoms with Gasteiger partial charge in [0.25, 0.3) is 0 Å². The number of hydrogen-bond donors (Lipinski definition) is 1. The van der Waals surface area contributed by atoms with Gasteiger partial charge in [-0.15, -0.1) is 0 Å². The highest BCUT2D eigenvalue weighted by Crippen LogP contribution is 2.23. The van der Waals surface area contributed by atoms with E-state index in [1.54, 1.807) is 18.2 Å². The zero-order valence-electron chi connectivity index (χ0n) is 16.6. The lowest BCUT2D eigenvalue weighted by Crippen LogP contribution is -2.27. The Morgan fingerprint density at radius 1 is 1.03 bits per heavy atom. The molecule has 5 heteroatoms. The molecule has 1 heterocycles. The molecule has 1 amide bonds. The van der Waals surface area contributed by atoms with Crippen molar-refractivity contribution in [3.05, 3.63) is 108 Å². The first kappa shape index (κ1) is 19.6. The lowest BCUT2D eigenvalue weighted by Gasteiger charge is -2.16. The Morgan fingerprint density at radius 2 is 1.73 bits per heavy atom. The number of rotatable bonds is 6. The number of imidazole rings is 1. The van der Waals surface area contributed by atoms with Crippen molar-refractivity contribution in [3.8, 4) is 0 Å². The molecule has 1 aromatic heterocycles. The predicted octanol–water partition coefficient (Wildman–Crippen LogP) is 5.11. The van der Waals surface area contributed by atoms with E-state index in [0.29, 0.717) is 17.9 Å². The number of aromatic nitrogens is 2. The zero-order valence-corrected chi connectivity index (χ0v) is 16.6. The molecule has 1 unspecified atom stereocenters. The third kappa shape index (κ3) is 4.30. The van der Waals surface area contributed by atoms with Crippen molar-refractivity contribution in [2.75, 3.05) is 0 Å². The largest absolute Gasteiger partial charge is 0.343 e. The van der Waals surface area contributed by atoms with E-state index in [1.165, 1.54) is 12.1 Å². The number of amides is 1. The fourth-order valence-corrected chi connectivity index (χ4v) is 3.45. The molecule has 4 aromatic rings. The highest BCUT2D eigenvalue weighted by molar-refractivity contribution is 5.92. The number of carbonyl (C=O) groups is 1. The van der Waals surface area contributed by atoms with E-state index in [4.69, 9.17) is 4.98 Å². The monoisotopic (exact) mass is 399 g/mol. The molecular formula is C25H22FN3O. The zero-order chi connectivity index (χ0) is 20.9. The summed E-state index contributed by atoms with van der Waals surface area (Å²) >= 11 is 0. The maximum Gasteiger partial charge on any atom is 0.244 e. The summed E-state index contributed by atoms with van der Waals surface area (Å²) < 4.78 is 16.2. The average Bonchev–Trinajstić information content (AvgIpc) is 3.13. The Labute approximate surface area is 174 Å². The second-order valence-electron chi connectivity index (χ2n) is 7.11. The molecule has 150 valence electrons. The molecule has 0 spiro atoms. The van der Waals surface area contributed by atoms with E-state index in [0.717, 1.165) is 16.6 Å². The molecule has 0 radical (unpaired) electrons. The van der Waals surface area contributed by atoms with Crippen molar-refractivity contribution >= 4 is 23.0 Å². The third-order valence-corrected chi connectivity index (χ3v) is 4.94. The molecule has 4 nitrogen and oxygen atoms in total. The SMILES string of the molecule is CC(NC(=O)C=Cc1ccccc1)c1nc2ccccc2n1Cc1ccccc1F. The lowest BCUT2D eigenvalue weighted by molar-refractivity contribution is -0.117. The van der Waals surface area contributed by atoms with Crippen LogP contribution in [-0.2, 0) is 11.3 Å². The molecule has 0 saturated carbocycles. The van der Waals surface area contributed by atoms with Gasteiger partial charge in [0.05, 0.1) is 23.6 Å². The fourth-order valence-electron chi connectivity index (χ4n) is 3.45. The number of nitrogens with zero attached hydrogens (tertiary/aromatic N) is 2. The summed E-state index contributed by atoms with van der Waals surface area (Å²) in [6, 6.07) is 23.7. The van der Waals surface area contributed by atoms with Crippen LogP contribution in [0.3, 0.4) is 0 Å². The van der Waals surface area contributed by atoms with Crippen LogP contribution >= 0.6 is 0 Å². The quantitative estimate of drug-likeness (QED) is 0.458. The van der Waals surface area contributed by atoms with E-state index < -0.39 is 0 Å². The number of para-hydroxylation sites is 2. The van der Waals surface area contributed by atoms with Gasteiger partial charge in [0.15, 0.2) is 0 Å². The van der Waals surface area contributed by atoms with Gasteiger partial charge in [-0.25, -0.2) is 9.37 Å². The van der Waals surface area contributed by atoms with Crippen LogP contribution in [0.25, 0.3) is 17.1 Å². The normalized spacial score (nSPS) is 12.3. The van der Waals surface area contributed by atoms with Crippen LogP contribution in [0.2, 0.25) is 0 Å². The second-order valence-corrected chi connectivity index (χ2v) is 7.11. The number of carbonyl (C=O) groups excluding carboxylic acids is 1. The maximum absolute atomic E-state index is 14.3. The standard InChI is InChI=1S/C25H22FN3O/c1-18(27-24(30)16-15-19-9-3-2-4-10-19)25-28-22-13-7-8-14-23(22)29(25)17-20-11-5-6-12-21(20)26/h2-16,18H,17H2,1H3,(H,27,30). The van der Waals surface area contributed by atoms with E-state index in [1.807, 2.05) is 72.2 Å². The summed E-state index contributed by atoms with van der Waals surface area (Å²) in [7, 11) is 0. The van der Waals surface area contributed by atoms with E-state index in [9.17, 15) is 9.18 Å². The summed E-state index contributed by atoms with van der Waals surface area (Å²) in [5, 5.41) is 2.97. The Bertz CT molecular complexity index is 1200. The average molecular weight is 399 g/mol. The number of nitrogens with one attached hydrogen (secondary N) is 1. The van der Waals surface area contributed by atoms with E-state index in [-0.39, 0.29) is 17.8 Å². The van der Waals surface area contributed by atoms with Gasteiger partial charge < -0.3 is 9.88 Å². The molecule has 1 N–H and O–H groups in total. The van der Waals surface area contributed by atoms with Crippen LogP contribution in [0.15, 0.2) is 84.9 Å². The summed E-state index contributed by atoms with van der Waals surface area (Å²) in [4.78, 5) is 17.2. The Balaban J connectivity index is 1.60. The number of fused-ring (bicyclic) bond motifs is 1. The summed E-state index contributed by atoms with van der Waals surface area (Å²) in [6.07, 6.45) is 3.28. The molecule has 4 rings (SSSR count). The number of hydrogen-bond acceptors (Lipinski definition) is 2. The molecule has 30 heavy (non-hydrogen) atoms. The van der Waals surface area contributed by atoms with Crippen molar-refractivity contribution in [2.45, 2.75) is 19.5 Å². The molecule has 0 bridgehead atoms. The molecule has 3 aromatic carbocycles. The number of halogens is 1. The van der Waals surface area contributed by atoms with Crippen LogP contribution in [0.1, 0.15) is 29.9 Å². The van der Waals surface area contributed by atoms with Crippen LogP contribution in [-0.4, -0.2) is 15.5 Å². The molecule has 0 saturated heterocycles. The van der Waals surface area contributed by atoms with Crippen molar-refractivity contribution in [1.29, 1.82) is 0 Å². The van der Waals surface area contributed by atoms with Crippen molar-refractivity contribution in [1.82, 2.24) is 14.9 Å². The minimum atomic E-state index is -0.350. The first-order valence-electron chi connectivity index (χ1n) is 9.84. The van der Waals surface area contributed by atoms with Crippen LogP contribution in [0.4, 0.5) is 4.39 Å². The summed E-state index contributed by atoms with van der Waals surface area (Å²) in [6.45, 7) is 2.22. The van der Waals surface area contributed by atoms with Gasteiger partial charge in [0, 0.05) is 11.6 Å². The van der Waals surface area contributed by atoms with Gasteiger partial charge >= 0.3 is 0 Å². The topological polar surface area (TPSA) is 46.9 Å². The second kappa shape index (κ2) is 8.74. The fraction of sp³-hybridized carbons (Fsp3) is 0.120. The highest BCUT2D eigenvalue weighted by atomic mass is 19.1. The van der Waals surface area contributed by atoms with Gasteiger partial charge in [-0.05, 0) is 36.8 Å². The van der Waals surface area contributed by atoms with Gasteiger partial charge in [-0.2, -0.15) is 0 Å². The first-order valence-corrected chi connectivity index (χ1v) is 9.84. The molecule has 0 aliphatic rings. The maximum atomic E-state index is 14.3. The molecule has 1 atom stereocenters. The molecule has 0 aliphatic heterocycles. The number of benzene rings is 3. The van der Waals surface area contributed by atoms with Gasteiger partial charge in [0.2, 0.25) is 5.91 Å². The van der Waals surface area contributed by atoms with Crippen LogP contribution < -0.4 is 5.32 Å². The van der Waals surface area contributed by atoms with Crippen LogP contribution in [0, 0.1) is 5.82 Å². The van der Waals surface area contributed by atoms with E-state index >= 15 is 0 Å². The Morgan fingerprint density at radius 3 is 2.53 bits per heavy atom. The van der Waals surface area contributed by atoms with Crippen LogP contribution in [0.5, 0.6) is 0 Å². The molecule has 0 fully saturated rings. The van der Waals surface area contributed by atoms with Gasteiger partial charge in [-0.3, -0.25) is 4.79 Å². The minimum Gasteiger partial charge on any atom is -0.343 e. The predicted molar refractivity (Wildman–Crippen MR) is 117 cm³/mol. The van der Waals surface area contributed by atoms with E-state index in [2.05, 4.69) is 5.32 Å². The smallest absolute Gasteiger partial charge is 0.244 e. The molecular weight excluding hydrogens is 377 g/mol. The van der Waals surface area contributed by atoms with Crippen molar-refractivity contribution in [3.63, 3.8) is 0 Å². The minimum absolute atomic E-state index is 0.212. The van der Waals surface area contributed by atoms with Gasteiger partial charge in [0.1, 0.15) is 11.6 Å². The highest BCUT2D eigenvalue weighted by Gasteiger charge is 2.18. The Kier molecular flexibility index (Phi) is 5.70. The molecule has 0 aliphatic carbocycles. The van der Waals surface area contributed by atoms with Crippen molar-refractivity contribution < 1.29 is 9.18 Å².